The van der Waals surface area contributed by atoms with E-state index in [-0.39, 0.29) is 0 Å². The zero-order valence-electron chi connectivity index (χ0n) is 5.80. The zero-order chi connectivity index (χ0) is 6.69. The topological polar surface area (TPSA) is 0 Å². The molecular formula is C8H13P. The van der Waals surface area contributed by atoms with Crippen LogP contribution in [-0.4, -0.2) is 5.66 Å². The lowest BCUT2D eigenvalue weighted by Gasteiger charge is -2.08. The van der Waals surface area contributed by atoms with Crippen LogP contribution in [0, 0.1) is 0 Å². The third kappa shape index (κ3) is 1.95. The lowest BCUT2D eigenvalue weighted by molar-refractivity contribution is 1.000. The minimum atomic E-state index is 0.681. The maximum Gasteiger partial charge on any atom is -0.00479 e. The van der Waals surface area contributed by atoms with E-state index in [0.29, 0.717) is 5.66 Å². The first-order chi connectivity index (χ1) is 4.33. The maximum atomic E-state index is 2.81. The molecule has 0 bridgehead atoms. The van der Waals surface area contributed by atoms with Crippen molar-refractivity contribution in [3.8, 4) is 0 Å². The summed E-state index contributed by atoms with van der Waals surface area (Å²) in [6.07, 6.45) is 9.17. The molecule has 0 N–H and O–H groups in total. The van der Waals surface area contributed by atoms with Gasteiger partial charge in [-0.25, -0.2) is 0 Å². The highest BCUT2D eigenvalue weighted by molar-refractivity contribution is 7.17. The van der Waals surface area contributed by atoms with E-state index in [0.717, 1.165) is 0 Å². The Labute approximate surface area is 59.2 Å². The highest BCUT2D eigenvalue weighted by Gasteiger charge is 2.00. The molecule has 1 aliphatic rings. The van der Waals surface area contributed by atoms with E-state index in [1.807, 2.05) is 0 Å². The molecule has 50 valence electrons. The fourth-order valence-corrected chi connectivity index (χ4v) is 1.19. The molecule has 1 aliphatic carbocycles. The summed E-state index contributed by atoms with van der Waals surface area (Å²) >= 11 is 0. The molecule has 0 spiro atoms. The molecule has 0 aromatic rings. The highest BCUT2D eigenvalue weighted by atomic mass is 31.0. The van der Waals surface area contributed by atoms with E-state index < -0.39 is 0 Å². The number of hydrogen-bond donors (Lipinski definition) is 0. The molecule has 2 atom stereocenters. The van der Waals surface area contributed by atoms with Crippen molar-refractivity contribution in [3.05, 3.63) is 23.8 Å². The van der Waals surface area contributed by atoms with Gasteiger partial charge in [-0.05, 0) is 18.5 Å². The van der Waals surface area contributed by atoms with Crippen LogP contribution in [0.4, 0.5) is 0 Å². The van der Waals surface area contributed by atoms with Crippen molar-refractivity contribution in [2.45, 2.75) is 25.4 Å². The Morgan fingerprint density at radius 1 is 1.78 bits per heavy atom. The Bertz CT molecular complexity index is 145. The van der Waals surface area contributed by atoms with E-state index in [1.54, 1.807) is 0 Å². The smallest absolute Gasteiger partial charge is 0.00479 e. The van der Waals surface area contributed by atoms with Crippen molar-refractivity contribution < 1.29 is 0 Å². The summed E-state index contributed by atoms with van der Waals surface area (Å²) in [5.41, 5.74) is 2.16. The largest absolute Gasteiger partial charge is 0.130 e. The highest BCUT2D eigenvalue weighted by Crippen LogP contribution is 2.18. The van der Waals surface area contributed by atoms with Gasteiger partial charge < -0.3 is 0 Å². The summed E-state index contributed by atoms with van der Waals surface area (Å²) in [4.78, 5) is 0. The van der Waals surface area contributed by atoms with Gasteiger partial charge in [0.15, 0.2) is 0 Å². The SMILES string of the molecule is CCC1=CCC(P)C=C1. The third-order valence-corrected chi connectivity index (χ3v) is 2.11. The summed E-state index contributed by atoms with van der Waals surface area (Å²) in [6, 6.07) is 0. The van der Waals surface area contributed by atoms with Gasteiger partial charge in [-0.2, -0.15) is 0 Å². The second kappa shape index (κ2) is 3.17. The summed E-state index contributed by atoms with van der Waals surface area (Å²) in [7, 11) is 2.81. The van der Waals surface area contributed by atoms with Crippen LogP contribution in [0.2, 0.25) is 0 Å². The van der Waals surface area contributed by atoms with Gasteiger partial charge in [-0.15, -0.1) is 9.24 Å². The fourth-order valence-electron chi connectivity index (χ4n) is 0.943. The van der Waals surface area contributed by atoms with Crippen LogP contribution in [0.3, 0.4) is 0 Å². The molecule has 0 aromatic carbocycles. The molecule has 9 heavy (non-hydrogen) atoms. The van der Waals surface area contributed by atoms with E-state index in [1.165, 1.54) is 18.4 Å². The Balaban J connectivity index is 2.52. The van der Waals surface area contributed by atoms with Crippen molar-refractivity contribution >= 4 is 9.24 Å². The molecule has 0 saturated carbocycles. The van der Waals surface area contributed by atoms with Gasteiger partial charge in [-0.3, -0.25) is 0 Å². The quantitative estimate of drug-likeness (QED) is 0.491. The molecule has 0 radical (unpaired) electrons. The normalized spacial score (nSPS) is 26.0. The van der Waals surface area contributed by atoms with Crippen LogP contribution in [-0.2, 0) is 0 Å². The van der Waals surface area contributed by atoms with Crippen LogP contribution in [0.5, 0.6) is 0 Å². The van der Waals surface area contributed by atoms with Gasteiger partial charge in [0.25, 0.3) is 0 Å². The van der Waals surface area contributed by atoms with E-state index in [2.05, 4.69) is 34.4 Å². The Morgan fingerprint density at radius 3 is 3.00 bits per heavy atom. The molecule has 1 rings (SSSR count). The standard InChI is InChI=1S/C8H13P/c1-2-7-3-5-8(9)6-4-7/h3-5,8H,2,6,9H2,1H3. The molecule has 0 fully saturated rings. The van der Waals surface area contributed by atoms with Gasteiger partial charge in [0.05, 0.1) is 0 Å². The predicted molar refractivity (Wildman–Crippen MR) is 45.6 cm³/mol. The fraction of sp³-hybridized carbons (Fsp3) is 0.500. The molecule has 0 nitrogen and oxygen atoms in total. The lowest BCUT2D eigenvalue weighted by Crippen LogP contribution is -1.95. The van der Waals surface area contributed by atoms with Gasteiger partial charge in [0.2, 0.25) is 0 Å². The summed E-state index contributed by atoms with van der Waals surface area (Å²) in [5.74, 6) is 0. The third-order valence-electron chi connectivity index (χ3n) is 1.62. The second-order valence-electron chi connectivity index (χ2n) is 2.39. The van der Waals surface area contributed by atoms with E-state index in [4.69, 9.17) is 0 Å². The van der Waals surface area contributed by atoms with Crippen LogP contribution in [0.15, 0.2) is 23.8 Å². The number of rotatable bonds is 1. The van der Waals surface area contributed by atoms with Crippen molar-refractivity contribution in [2.75, 3.05) is 0 Å². The molecule has 1 heteroatoms. The monoisotopic (exact) mass is 140 g/mol. The van der Waals surface area contributed by atoms with E-state index in [9.17, 15) is 0 Å². The summed E-state index contributed by atoms with van der Waals surface area (Å²) in [5, 5.41) is 0. The van der Waals surface area contributed by atoms with Crippen molar-refractivity contribution in [2.24, 2.45) is 0 Å². The Morgan fingerprint density at radius 2 is 2.56 bits per heavy atom. The molecule has 0 aromatic heterocycles. The molecule has 2 unspecified atom stereocenters. The Hall–Kier alpha value is -0.0900. The lowest BCUT2D eigenvalue weighted by atomic mass is 10.1. The summed E-state index contributed by atoms with van der Waals surface area (Å²) < 4.78 is 0. The maximum absolute atomic E-state index is 2.81. The first-order valence-corrected chi connectivity index (χ1v) is 4.12. The van der Waals surface area contributed by atoms with Gasteiger partial charge in [0, 0.05) is 0 Å². The summed E-state index contributed by atoms with van der Waals surface area (Å²) in [6.45, 7) is 2.19. The average Bonchev–Trinajstić information content (AvgIpc) is 1.90. The second-order valence-corrected chi connectivity index (χ2v) is 3.25. The average molecular weight is 140 g/mol. The molecular weight excluding hydrogens is 127 g/mol. The van der Waals surface area contributed by atoms with Crippen molar-refractivity contribution in [3.63, 3.8) is 0 Å². The van der Waals surface area contributed by atoms with Gasteiger partial charge in [-0.1, -0.05) is 30.7 Å². The molecule has 0 heterocycles. The number of hydrogen-bond acceptors (Lipinski definition) is 0. The first-order valence-electron chi connectivity index (χ1n) is 3.45. The van der Waals surface area contributed by atoms with E-state index >= 15 is 0 Å². The van der Waals surface area contributed by atoms with Crippen LogP contribution < -0.4 is 0 Å². The van der Waals surface area contributed by atoms with Crippen LogP contribution in [0.1, 0.15) is 19.8 Å². The van der Waals surface area contributed by atoms with Crippen LogP contribution >= 0.6 is 9.24 Å². The Kier molecular flexibility index (Phi) is 2.48. The molecule has 0 saturated heterocycles. The van der Waals surface area contributed by atoms with Gasteiger partial charge >= 0.3 is 0 Å². The van der Waals surface area contributed by atoms with Crippen molar-refractivity contribution in [1.29, 1.82) is 0 Å². The minimum absolute atomic E-state index is 0.681. The zero-order valence-corrected chi connectivity index (χ0v) is 6.96. The minimum Gasteiger partial charge on any atom is -0.130 e. The van der Waals surface area contributed by atoms with Gasteiger partial charge in [0.1, 0.15) is 0 Å². The van der Waals surface area contributed by atoms with Crippen LogP contribution in [0.25, 0.3) is 0 Å². The number of allylic oxidation sites excluding steroid dienone is 4. The molecule has 0 amide bonds. The molecule has 0 aliphatic heterocycles. The van der Waals surface area contributed by atoms with Crippen molar-refractivity contribution in [1.82, 2.24) is 0 Å². The predicted octanol–water partition coefficient (Wildman–Crippen LogP) is 2.53. The first kappa shape index (κ1) is 7.02.